The van der Waals surface area contributed by atoms with E-state index in [0.717, 1.165) is 16.7 Å². The van der Waals surface area contributed by atoms with Crippen molar-refractivity contribution < 1.29 is 65.7 Å². The number of aliphatic hydroxyl groups is 1. The van der Waals surface area contributed by atoms with Crippen LogP contribution < -0.4 is 61.6 Å². The average molecular weight is 548 g/mol. The molecule has 0 radical (unpaired) electrons. The molecule has 5 rings (SSSR count). The molecule has 2 N–H and O–H groups in total. The summed E-state index contributed by atoms with van der Waals surface area (Å²) >= 11 is 0. The molecular weight excluding hydrogens is 516 g/mol. The van der Waals surface area contributed by atoms with Gasteiger partial charge in [-0.2, -0.15) is 0 Å². The van der Waals surface area contributed by atoms with Crippen LogP contribution in [0.2, 0.25) is 0 Å². The van der Waals surface area contributed by atoms with Crippen molar-refractivity contribution >= 4 is 17.2 Å². The summed E-state index contributed by atoms with van der Waals surface area (Å²) in [7, 11) is 1.84. The number of hydrogen-bond acceptors (Lipinski definition) is 4. The molecule has 1 atom stereocenters. The van der Waals surface area contributed by atoms with Gasteiger partial charge >= 0.3 is 51.4 Å². The van der Waals surface area contributed by atoms with E-state index in [0.29, 0.717) is 24.5 Å². The number of halogens is 1. The van der Waals surface area contributed by atoms with Gasteiger partial charge in [-0.05, 0) is 22.8 Å². The van der Waals surface area contributed by atoms with E-state index < -0.39 is 17.3 Å². The number of fused-ring (bicyclic) bond motifs is 1. The fraction of sp³-hybridized carbons (Fsp3) is 0.219. The van der Waals surface area contributed by atoms with Gasteiger partial charge in [0.05, 0.1) is 17.8 Å². The Morgan fingerprint density at radius 1 is 0.923 bits per heavy atom. The van der Waals surface area contributed by atoms with Gasteiger partial charge in [-0.1, -0.05) is 97.1 Å². The Morgan fingerprint density at radius 3 is 1.92 bits per heavy atom. The van der Waals surface area contributed by atoms with Crippen molar-refractivity contribution in [3.8, 4) is 0 Å². The van der Waals surface area contributed by atoms with E-state index in [1.54, 1.807) is 6.07 Å². The van der Waals surface area contributed by atoms with E-state index in [4.69, 9.17) is 0 Å². The van der Waals surface area contributed by atoms with E-state index in [1.807, 2.05) is 66.5 Å². The van der Waals surface area contributed by atoms with Crippen molar-refractivity contribution in [3.05, 3.63) is 137 Å². The molecule has 0 fully saturated rings. The van der Waals surface area contributed by atoms with Crippen LogP contribution in [-0.4, -0.2) is 44.2 Å². The molecule has 1 aliphatic rings. The van der Waals surface area contributed by atoms with Crippen molar-refractivity contribution in [2.45, 2.75) is 5.54 Å². The number of benzene rings is 4. The fourth-order valence-electron chi connectivity index (χ4n) is 5.23. The maximum Gasteiger partial charge on any atom is 1.00 e. The van der Waals surface area contributed by atoms with Crippen LogP contribution in [0.3, 0.4) is 0 Å². The molecule has 0 aliphatic carbocycles. The molecule has 0 aromatic heterocycles. The maximum atomic E-state index is 15.2. The first kappa shape index (κ1) is 29.6. The standard InChI is InChI=1S/C32H32FN3O2.K/c1-36(30-20-29-27(19-28(30)33)31(38)23(22-37)21-34-29)18-17-35-32(24-11-5-2-6-12-24,25-13-7-3-8-14-25)26-15-9-4-10-16-26;/h2-16,19-20,23,35,37H,17-18,21-22H2,1H3,(H,34,38);/q;+1/p-1. The number of anilines is 1. The quantitative estimate of drug-likeness (QED) is 0.250. The molecule has 0 saturated heterocycles. The number of likely N-dealkylation sites (N-methyl/N-ethyl adjacent to an activating group) is 1. The zero-order chi connectivity index (χ0) is 26.5. The second kappa shape index (κ2) is 13.3. The first-order valence-electron chi connectivity index (χ1n) is 12.8. The monoisotopic (exact) mass is 547 g/mol. The summed E-state index contributed by atoms with van der Waals surface area (Å²) in [6, 6.07) is 33.9. The summed E-state index contributed by atoms with van der Waals surface area (Å²) in [4.78, 5) is 14.4. The first-order chi connectivity index (χ1) is 18.5. The third-order valence-corrected chi connectivity index (χ3v) is 7.27. The number of carbonyl (C=O) groups is 1. The molecule has 39 heavy (non-hydrogen) atoms. The number of ketones is 1. The van der Waals surface area contributed by atoms with Gasteiger partial charge in [-0.3, -0.25) is 10.1 Å². The third-order valence-electron chi connectivity index (χ3n) is 7.27. The van der Waals surface area contributed by atoms with E-state index in [-0.39, 0.29) is 75.9 Å². The van der Waals surface area contributed by atoms with Gasteiger partial charge in [0.15, 0.2) is 5.78 Å². The first-order valence-corrected chi connectivity index (χ1v) is 12.8. The van der Waals surface area contributed by atoms with Crippen LogP contribution in [0.4, 0.5) is 15.8 Å². The summed E-state index contributed by atoms with van der Waals surface area (Å²) in [6.45, 7) is 0.987. The molecule has 1 heterocycles. The molecule has 1 unspecified atom stereocenters. The SMILES string of the molecule is CN(CCNC(c1ccccc1)(c1ccccc1)c1ccccc1)c1cc2c(cc1F)C(=O)C(CO)C[N-]2.[K+]. The number of aliphatic hydroxyl groups excluding tert-OH is 1. The summed E-state index contributed by atoms with van der Waals surface area (Å²) < 4.78 is 15.2. The zero-order valence-electron chi connectivity index (χ0n) is 22.3. The summed E-state index contributed by atoms with van der Waals surface area (Å²) in [5, 5.41) is 17.7. The Bertz CT molecular complexity index is 1290. The van der Waals surface area contributed by atoms with Gasteiger partial charge in [-0.25, -0.2) is 4.39 Å². The van der Waals surface area contributed by atoms with E-state index in [9.17, 15) is 9.90 Å². The van der Waals surface area contributed by atoms with Crippen LogP contribution in [0.25, 0.3) is 5.32 Å². The van der Waals surface area contributed by atoms with Crippen molar-refractivity contribution in [2.24, 2.45) is 5.92 Å². The smallest absolute Gasteiger partial charge is 0.683 e. The number of rotatable bonds is 9. The van der Waals surface area contributed by atoms with Gasteiger partial charge < -0.3 is 15.3 Å². The number of carbonyl (C=O) groups excluding carboxylic acids is 1. The summed E-state index contributed by atoms with van der Waals surface area (Å²) in [6.07, 6.45) is 0. The molecule has 0 bridgehead atoms. The predicted molar refractivity (Wildman–Crippen MR) is 150 cm³/mol. The Balaban J connectivity index is 0.00000353. The second-order valence-corrected chi connectivity index (χ2v) is 9.60. The molecule has 194 valence electrons. The van der Waals surface area contributed by atoms with Crippen LogP contribution in [0, 0.1) is 11.7 Å². The normalized spacial score (nSPS) is 14.6. The van der Waals surface area contributed by atoms with Crippen LogP contribution >= 0.6 is 0 Å². The molecule has 1 aliphatic heterocycles. The van der Waals surface area contributed by atoms with Gasteiger partial charge in [0.2, 0.25) is 0 Å². The Hall–Kier alpha value is -2.36. The van der Waals surface area contributed by atoms with Crippen LogP contribution in [-0.2, 0) is 5.54 Å². The van der Waals surface area contributed by atoms with Crippen LogP contribution in [0.1, 0.15) is 27.0 Å². The van der Waals surface area contributed by atoms with Crippen molar-refractivity contribution in [1.82, 2.24) is 5.32 Å². The van der Waals surface area contributed by atoms with Gasteiger partial charge in [0, 0.05) is 31.6 Å². The Morgan fingerprint density at radius 2 is 1.44 bits per heavy atom. The van der Waals surface area contributed by atoms with Crippen LogP contribution in [0.15, 0.2) is 103 Å². The van der Waals surface area contributed by atoms with Crippen molar-refractivity contribution in [3.63, 3.8) is 0 Å². The Kier molecular flexibility index (Phi) is 10.1. The second-order valence-electron chi connectivity index (χ2n) is 9.60. The van der Waals surface area contributed by atoms with E-state index in [2.05, 4.69) is 47.0 Å². The Labute approximate surface area is 271 Å². The summed E-state index contributed by atoms with van der Waals surface area (Å²) in [5.41, 5.74) is 3.80. The minimum absolute atomic E-state index is 0. The summed E-state index contributed by atoms with van der Waals surface area (Å²) in [5.74, 6) is -1.34. The van der Waals surface area contributed by atoms with E-state index in [1.165, 1.54) is 6.07 Å². The topological polar surface area (TPSA) is 66.7 Å². The third kappa shape index (κ3) is 6.05. The number of hydrogen-bond donors (Lipinski definition) is 2. The van der Waals surface area contributed by atoms with Crippen molar-refractivity contribution in [2.75, 3.05) is 38.2 Å². The zero-order valence-corrected chi connectivity index (χ0v) is 25.5. The van der Waals surface area contributed by atoms with Gasteiger partial charge in [-0.15, -0.1) is 12.2 Å². The fourth-order valence-corrected chi connectivity index (χ4v) is 5.23. The van der Waals surface area contributed by atoms with Gasteiger partial charge in [0.1, 0.15) is 5.82 Å². The van der Waals surface area contributed by atoms with Gasteiger partial charge in [0.25, 0.3) is 0 Å². The van der Waals surface area contributed by atoms with Crippen molar-refractivity contribution in [1.29, 1.82) is 0 Å². The minimum Gasteiger partial charge on any atom is -0.683 e. The number of nitrogens with one attached hydrogen (secondary N) is 1. The number of nitrogens with zero attached hydrogens (tertiary/aromatic N) is 2. The molecule has 0 amide bonds. The molecule has 0 saturated carbocycles. The van der Waals surface area contributed by atoms with Crippen LogP contribution in [0.5, 0.6) is 0 Å². The molecule has 0 spiro atoms. The van der Waals surface area contributed by atoms with E-state index >= 15 is 4.39 Å². The molecule has 4 aromatic rings. The predicted octanol–water partition coefficient (Wildman–Crippen LogP) is 2.66. The molecular formula is C32H31FKN3O2. The largest absolute Gasteiger partial charge is 1.00 e. The molecule has 4 aromatic carbocycles. The molecule has 7 heteroatoms. The number of Topliss-reactive ketones (excluding diaryl/α,β-unsaturated/α-hetero) is 1. The average Bonchev–Trinajstić information content (AvgIpc) is 2.97. The minimum atomic E-state index is -0.611. The maximum absolute atomic E-state index is 15.2. The molecule has 5 nitrogen and oxygen atoms in total.